The van der Waals surface area contributed by atoms with Gasteiger partial charge in [0.15, 0.2) is 0 Å². The van der Waals surface area contributed by atoms with E-state index in [0.717, 1.165) is 12.1 Å². The highest BCUT2D eigenvalue weighted by atomic mass is 16.4. The summed E-state index contributed by atoms with van der Waals surface area (Å²) in [4.78, 5) is 0. The fourth-order valence-corrected chi connectivity index (χ4v) is 3.66. The Balaban J connectivity index is 1.98. The summed E-state index contributed by atoms with van der Waals surface area (Å²) in [7, 11) is 0. The van der Waals surface area contributed by atoms with Gasteiger partial charge in [0.2, 0.25) is 0 Å². The van der Waals surface area contributed by atoms with Crippen molar-refractivity contribution in [3.05, 3.63) is 71.8 Å². The van der Waals surface area contributed by atoms with Crippen molar-refractivity contribution in [1.82, 2.24) is 5.32 Å². The van der Waals surface area contributed by atoms with Crippen LogP contribution in [0.4, 0.5) is 0 Å². The van der Waals surface area contributed by atoms with Gasteiger partial charge in [-0.3, -0.25) is 0 Å². The Kier molecular flexibility index (Phi) is 4.77. The first kappa shape index (κ1) is 15.8. The van der Waals surface area contributed by atoms with Crippen LogP contribution in [0.25, 0.3) is 0 Å². The van der Waals surface area contributed by atoms with Crippen LogP contribution in [0, 0.1) is 11.8 Å². The highest BCUT2D eigenvalue weighted by molar-refractivity contribution is 5.89. The molecule has 1 fully saturated rings. The average molecular weight is 308 g/mol. The number of hydrogen-bond donors (Lipinski definition) is 2. The van der Waals surface area contributed by atoms with Gasteiger partial charge in [-0.1, -0.05) is 79.7 Å². The molecule has 0 aliphatic carbocycles. The highest BCUT2D eigenvalue weighted by Crippen LogP contribution is 2.39. The summed E-state index contributed by atoms with van der Waals surface area (Å²) in [5.41, 5.74) is 3.37. The molecule has 0 spiro atoms. The molecule has 2 N–H and O–H groups in total. The number of piperidine rings is 1. The molecule has 0 unspecified atom stereocenters. The van der Waals surface area contributed by atoms with Crippen LogP contribution in [0.15, 0.2) is 65.8 Å². The molecular weight excluding hydrogens is 284 g/mol. The largest absolute Gasteiger partial charge is 0.411 e. The molecule has 0 saturated carbocycles. The van der Waals surface area contributed by atoms with E-state index in [1.54, 1.807) is 0 Å². The monoisotopic (exact) mass is 308 g/mol. The Morgan fingerprint density at radius 3 is 2.04 bits per heavy atom. The van der Waals surface area contributed by atoms with E-state index in [1.165, 1.54) is 11.1 Å². The molecule has 1 aliphatic heterocycles. The second kappa shape index (κ2) is 6.97. The maximum Gasteiger partial charge on any atom is 0.0642 e. The third-order valence-corrected chi connectivity index (χ3v) is 4.75. The topological polar surface area (TPSA) is 44.6 Å². The molecule has 0 amide bonds. The van der Waals surface area contributed by atoms with Crippen molar-refractivity contribution in [2.24, 2.45) is 17.0 Å². The molecule has 3 rings (SSSR count). The Morgan fingerprint density at radius 1 is 0.957 bits per heavy atom. The summed E-state index contributed by atoms with van der Waals surface area (Å²) >= 11 is 0. The molecule has 3 atom stereocenters. The molecule has 23 heavy (non-hydrogen) atoms. The number of rotatable bonds is 3. The lowest BCUT2D eigenvalue weighted by Gasteiger charge is -2.40. The van der Waals surface area contributed by atoms with E-state index in [4.69, 9.17) is 0 Å². The molecule has 0 bridgehead atoms. The van der Waals surface area contributed by atoms with Gasteiger partial charge in [0.25, 0.3) is 0 Å². The number of nitrogens with one attached hydrogen (secondary N) is 1. The summed E-state index contributed by atoms with van der Waals surface area (Å²) in [6.45, 7) is 4.38. The van der Waals surface area contributed by atoms with E-state index in [0.29, 0.717) is 5.92 Å². The van der Waals surface area contributed by atoms with Crippen LogP contribution >= 0.6 is 0 Å². The van der Waals surface area contributed by atoms with E-state index < -0.39 is 0 Å². The van der Waals surface area contributed by atoms with Crippen LogP contribution < -0.4 is 5.32 Å². The Bertz CT molecular complexity index is 652. The summed E-state index contributed by atoms with van der Waals surface area (Å²) in [5.74, 6) is 0.595. The van der Waals surface area contributed by atoms with Gasteiger partial charge in [0, 0.05) is 24.4 Å². The normalized spacial score (nSPS) is 26.6. The molecular formula is C20H24N2O. The molecule has 2 aromatic carbocycles. The van der Waals surface area contributed by atoms with Crippen molar-refractivity contribution < 1.29 is 5.21 Å². The van der Waals surface area contributed by atoms with Crippen LogP contribution in [0.5, 0.6) is 0 Å². The minimum atomic E-state index is 0.154. The highest BCUT2D eigenvalue weighted by Gasteiger charge is 2.38. The van der Waals surface area contributed by atoms with Gasteiger partial charge in [-0.05, 0) is 17.0 Å². The SMILES string of the molecule is CC(C)[C@@H]1/C(=N\O)C[C@H](c2ccccc2)N[C@H]1c1ccccc1. The molecule has 0 radical (unpaired) electrons. The Labute approximate surface area is 138 Å². The third kappa shape index (κ3) is 3.30. The summed E-state index contributed by atoms with van der Waals surface area (Å²) < 4.78 is 0. The number of benzene rings is 2. The Morgan fingerprint density at radius 2 is 1.52 bits per heavy atom. The van der Waals surface area contributed by atoms with Gasteiger partial charge in [0.05, 0.1) is 5.71 Å². The van der Waals surface area contributed by atoms with Crippen molar-refractivity contribution in [3.63, 3.8) is 0 Å². The van der Waals surface area contributed by atoms with E-state index in [1.807, 2.05) is 12.1 Å². The van der Waals surface area contributed by atoms with Gasteiger partial charge in [-0.15, -0.1) is 0 Å². The van der Waals surface area contributed by atoms with Gasteiger partial charge in [-0.2, -0.15) is 0 Å². The number of oxime groups is 1. The maximum absolute atomic E-state index is 9.60. The van der Waals surface area contributed by atoms with Gasteiger partial charge >= 0.3 is 0 Å². The molecule has 1 aliphatic rings. The number of nitrogens with zero attached hydrogens (tertiary/aromatic N) is 1. The Hall–Kier alpha value is -2.13. The quantitative estimate of drug-likeness (QED) is 0.644. The van der Waals surface area contributed by atoms with Crippen molar-refractivity contribution in [1.29, 1.82) is 0 Å². The van der Waals surface area contributed by atoms with Gasteiger partial charge < -0.3 is 10.5 Å². The first-order chi connectivity index (χ1) is 11.2. The second-order valence-corrected chi connectivity index (χ2v) is 6.58. The molecule has 1 saturated heterocycles. The van der Waals surface area contributed by atoms with E-state index >= 15 is 0 Å². The van der Waals surface area contributed by atoms with Crippen molar-refractivity contribution in [2.45, 2.75) is 32.4 Å². The summed E-state index contributed by atoms with van der Waals surface area (Å²) in [6.07, 6.45) is 0.743. The third-order valence-electron chi connectivity index (χ3n) is 4.75. The minimum Gasteiger partial charge on any atom is -0.411 e. The van der Waals surface area contributed by atoms with Crippen LogP contribution in [0.2, 0.25) is 0 Å². The standard InChI is InChI=1S/C20H24N2O/c1-14(2)19-18(22-23)13-17(15-9-5-3-6-10-15)21-20(19)16-11-7-4-8-12-16/h3-12,14,17,19-21,23H,13H2,1-2H3/b22-18-/t17-,19-,20+/m1/s1. The molecule has 3 nitrogen and oxygen atoms in total. The molecule has 2 aromatic rings. The molecule has 3 heteroatoms. The van der Waals surface area contributed by atoms with E-state index in [9.17, 15) is 5.21 Å². The van der Waals surface area contributed by atoms with Crippen LogP contribution in [-0.4, -0.2) is 10.9 Å². The predicted octanol–water partition coefficient (Wildman–Crippen LogP) is 4.56. The zero-order valence-corrected chi connectivity index (χ0v) is 13.7. The first-order valence-electron chi connectivity index (χ1n) is 8.27. The molecule has 1 heterocycles. The average Bonchev–Trinajstić information content (AvgIpc) is 2.62. The lowest BCUT2D eigenvalue weighted by molar-refractivity contribution is 0.263. The zero-order chi connectivity index (χ0) is 16.2. The van der Waals surface area contributed by atoms with Gasteiger partial charge in [-0.25, -0.2) is 0 Å². The minimum absolute atomic E-state index is 0.154. The van der Waals surface area contributed by atoms with E-state index in [2.05, 4.69) is 72.9 Å². The van der Waals surface area contributed by atoms with E-state index in [-0.39, 0.29) is 18.0 Å². The van der Waals surface area contributed by atoms with Gasteiger partial charge in [0.1, 0.15) is 0 Å². The fourth-order valence-electron chi connectivity index (χ4n) is 3.66. The first-order valence-corrected chi connectivity index (χ1v) is 8.27. The van der Waals surface area contributed by atoms with Crippen LogP contribution in [0.3, 0.4) is 0 Å². The number of hydrogen-bond acceptors (Lipinski definition) is 3. The van der Waals surface area contributed by atoms with Crippen molar-refractivity contribution >= 4 is 5.71 Å². The lowest BCUT2D eigenvalue weighted by Crippen LogP contribution is -2.44. The predicted molar refractivity (Wildman–Crippen MR) is 93.7 cm³/mol. The zero-order valence-electron chi connectivity index (χ0n) is 13.7. The molecule has 0 aromatic heterocycles. The summed E-state index contributed by atoms with van der Waals surface area (Å²) in [6, 6.07) is 21.2. The maximum atomic E-state index is 9.60. The van der Waals surface area contributed by atoms with Crippen molar-refractivity contribution in [2.75, 3.05) is 0 Å². The summed E-state index contributed by atoms with van der Waals surface area (Å²) in [5, 5.41) is 17.1. The fraction of sp³-hybridized carbons (Fsp3) is 0.350. The smallest absolute Gasteiger partial charge is 0.0642 e. The lowest BCUT2D eigenvalue weighted by atomic mass is 9.75. The second-order valence-electron chi connectivity index (χ2n) is 6.58. The van der Waals surface area contributed by atoms with Crippen LogP contribution in [0.1, 0.15) is 43.5 Å². The van der Waals surface area contributed by atoms with Crippen LogP contribution in [-0.2, 0) is 0 Å². The van der Waals surface area contributed by atoms with Crippen molar-refractivity contribution in [3.8, 4) is 0 Å². The molecule has 120 valence electrons.